The van der Waals surface area contributed by atoms with Crippen molar-refractivity contribution in [3.63, 3.8) is 0 Å². The fourth-order valence-electron chi connectivity index (χ4n) is 0.533. The number of rotatable bonds is 4. The standard InChI is InChI=1S/C6H14P2/c1-3-4-5-6-8-7-2/h3-6H2,1-2H3. The summed E-state index contributed by atoms with van der Waals surface area (Å²) in [5.74, 6) is 0. The van der Waals surface area contributed by atoms with Crippen molar-refractivity contribution in [2.24, 2.45) is 0 Å². The van der Waals surface area contributed by atoms with Gasteiger partial charge in [-0.15, -0.1) is 0 Å². The zero-order valence-electron chi connectivity index (χ0n) is 5.72. The van der Waals surface area contributed by atoms with Crippen LogP contribution in [0.3, 0.4) is 0 Å². The first-order chi connectivity index (χ1) is 3.91. The zero-order chi connectivity index (χ0) is 6.24. The van der Waals surface area contributed by atoms with Crippen molar-refractivity contribution in [3.05, 3.63) is 0 Å². The molecule has 0 nitrogen and oxygen atoms in total. The molecule has 0 unspecified atom stereocenters. The molecule has 8 heavy (non-hydrogen) atoms. The van der Waals surface area contributed by atoms with Gasteiger partial charge in [-0.2, -0.15) is 0 Å². The van der Waals surface area contributed by atoms with E-state index in [9.17, 15) is 0 Å². The molecule has 0 rings (SSSR count). The largest absolute Gasteiger partial charge is 0.0797 e. The van der Waals surface area contributed by atoms with Crippen LogP contribution in [0.25, 0.3) is 0 Å². The van der Waals surface area contributed by atoms with Crippen LogP contribution < -0.4 is 0 Å². The molecule has 0 aromatic heterocycles. The van der Waals surface area contributed by atoms with E-state index in [-0.39, 0.29) is 0 Å². The Hall–Kier alpha value is 0.600. The lowest BCUT2D eigenvalue weighted by Gasteiger charge is -1.88. The predicted molar refractivity (Wildman–Crippen MR) is 44.2 cm³/mol. The van der Waals surface area contributed by atoms with Crippen molar-refractivity contribution in [1.29, 1.82) is 0 Å². The Kier molecular flexibility index (Phi) is 8.17. The molecule has 0 N–H and O–H groups in total. The molecule has 0 atom stereocenters. The first kappa shape index (κ1) is 8.60. The van der Waals surface area contributed by atoms with Gasteiger partial charge < -0.3 is 0 Å². The summed E-state index contributed by atoms with van der Waals surface area (Å²) in [6.45, 7) is 4.47. The summed E-state index contributed by atoms with van der Waals surface area (Å²) in [7, 11) is 3.14. The smallest absolute Gasteiger partial charge is 0.00660 e. The molecule has 0 aromatic carbocycles. The highest BCUT2D eigenvalue weighted by Crippen LogP contribution is 2.13. The second-order valence-electron chi connectivity index (χ2n) is 1.77. The lowest BCUT2D eigenvalue weighted by atomic mass is 10.3. The lowest BCUT2D eigenvalue weighted by Crippen LogP contribution is -1.71. The molecule has 0 aliphatic heterocycles. The number of hydrogen-bond donors (Lipinski definition) is 0. The summed E-state index contributed by atoms with van der Waals surface area (Å²) in [4.78, 5) is 0. The molecule has 0 saturated heterocycles. The van der Waals surface area contributed by atoms with Gasteiger partial charge in [-0.1, -0.05) is 35.5 Å². The second kappa shape index (κ2) is 7.60. The zero-order valence-corrected chi connectivity index (χ0v) is 7.51. The predicted octanol–water partition coefficient (Wildman–Crippen LogP) is 3.61. The Bertz CT molecular complexity index is 59.5. The highest BCUT2D eigenvalue weighted by atomic mass is 31.7. The maximum absolute atomic E-state index is 2.25. The normalized spacial score (nSPS) is 10.8. The molecule has 0 aliphatic rings. The van der Waals surface area contributed by atoms with Crippen molar-refractivity contribution in [1.82, 2.24) is 0 Å². The van der Waals surface area contributed by atoms with Gasteiger partial charge in [0.25, 0.3) is 0 Å². The van der Waals surface area contributed by atoms with Gasteiger partial charge in [-0.25, -0.2) is 0 Å². The third kappa shape index (κ3) is 6.60. The lowest BCUT2D eigenvalue weighted by molar-refractivity contribution is 0.778. The van der Waals surface area contributed by atoms with E-state index in [2.05, 4.69) is 13.6 Å². The van der Waals surface area contributed by atoms with Crippen LogP contribution in [0.5, 0.6) is 0 Å². The third-order valence-electron chi connectivity index (χ3n) is 1.00. The molecule has 0 spiro atoms. The first-order valence-electron chi connectivity index (χ1n) is 3.17. The van der Waals surface area contributed by atoms with Crippen molar-refractivity contribution in [2.45, 2.75) is 26.2 Å². The Morgan fingerprint density at radius 1 is 1.25 bits per heavy atom. The molecule has 2 heteroatoms. The molecule has 0 fully saturated rings. The van der Waals surface area contributed by atoms with Crippen LogP contribution in [0.2, 0.25) is 0 Å². The van der Waals surface area contributed by atoms with Crippen molar-refractivity contribution < 1.29 is 0 Å². The van der Waals surface area contributed by atoms with Crippen LogP contribution in [0, 0.1) is 0 Å². The quantitative estimate of drug-likeness (QED) is 0.422. The second-order valence-corrected chi connectivity index (χ2v) is 4.95. The molecule has 0 bridgehead atoms. The Morgan fingerprint density at radius 2 is 2.00 bits per heavy atom. The van der Waals surface area contributed by atoms with E-state index in [0.717, 1.165) is 0 Å². The van der Waals surface area contributed by atoms with Crippen molar-refractivity contribution in [2.75, 3.05) is 12.8 Å². The molecule has 0 aliphatic carbocycles. The SMILES string of the molecule is CCCCCP=PC. The van der Waals surface area contributed by atoms with E-state index in [0.29, 0.717) is 0 Å². The van der Waals surface area contributed by atoms with Crippen LogP contribution in [0.4, 0.5) is 0 Å². The molecule has 0 saturated carbocycles. The average Bonchev–Trinajstić information content (AvgIpc) is 1.81. The third-order valence-corrected chi connectivity index (χ3v) is 3.25. The Balaban J connectivity index is 2.72. The van der Waals surface area contributed by atoms with Crippen LogP contribution in [0.1, 0.15) is 26.2 Å². The molecular formula is C6H14P2. The Morgan fingerprint density at radius 3 is 2.50 bits per heavy atom. The molecule has 0 heterocycles. The van der Waals surface area contributed by atoms with Crippen LogP contribution in [0.15, 0.2) is 0 Å². The number of hydrogen-bond acceptors (Lipinski definition) is 0. The van der Waals surface area contributed by atoms with Gasteiger partial charge in [-0.3, -0.25) is 0 Å². The van der Waals surface area contributed by atoms with Gasteiger partial charge >= 0.3 is 0 Å². The van der Waals surface area contributed by atoms with E-state index < -0.39 is 0 Å². The van der Waals surface area contributed by atoms with E-state index in [1.54, 1.807) is 7.87 Å². The van der Waals surface area contributed by atoms with Crippen LogP contribution in [-0.4, -0.2) is 12.8 Å². The van der Waals surface area contributed by atoms with E-state index >= 15 is 0 Å². The molecule has 0 amide bonds. The van der Waals surface area contributed by atoms with Gasteiger partial charge in [0.1, 0.15) is 0 Å². The van der Waals surface area contributed by atoms with Gasteiger partial charge in [0.15, 0.2) is 0 Å². The monoisotopic (exact) mass is 148 g/mol. The summed E-state index contributed by atoms with van der Waals surface area (Å²) in [5.41, 5.74) is 0. The van der Waals surface area contributed by atoms with E-state index in [4.69, 9.17) is 0 Å². The fraction of sp³-hybridized carbons (Fsp3) is 1.00. The minimum absolute atomic E-state index is 1.36. The summed E-state index contributed by atoms with van der Waals surface area (Å²) >= 11 is 0. The van der Waals surface area contributed by atoms with Gasteiger partial charge in [0.2, 0.25) is 0 Å². The highest BCUT2D eigenvalue weighted by molar-refractivity contribution is 7.83. The van der Waals surface area contributed by atoms with Crippen LogP contribution in [-0.2, 0) is 0 Å². The van der Waals surface area contributed by atoms with Gasteiger partial charge in [0, 0.05) is 0 Å². The van der Waals surface area contributed by atoms with Crippen molar-refractivity contribution in [3.8, 4) is 0 Å². The van der Waals surface area contributed by atoms with Crippen LogP contribution >= 0.6 is 15.7 Å². The maximum atomic E-state index is 2.25. The van der Waals surface area contributed by atoms with E-state index in [1.165, 1.54) is 33.3 Å². The van der Waals surface area contributed by atoms with Gasteiger partial charge in [-0.05, 0) is 19.2 Å². The van der Waals surface area contributed by atoms with E-state index in [1.807, 2.05) is 0 Å². The van der Waals surface area contributed by atoms with Gasteiger partial charge in [0.05, 0.1) is 0 Å². The molecule has 48 valence electrons. The summed E-state index contributed by atoms with van der Waals surface area (Å²) in [6, 6.07) is 0. The number of unbranched alkanes of at least 4 members (excludes halogenated alkanes) is 2. The molecule has 0 radical (unpaired) electrons. The maximum Gasteiger partial charge on any atom is -0.00660 e. The topological polar surface area (TPSA) is 0 Å². The minimum atomic E-state index is 1.36. The first-order valence-corrected chi connectivity index (χ1v) is 6.30. The molecule has 0 aromatic rings. The summed E-state index contributed by atoms with van der Waals surface area (Å²) in [6.07, 6.45) is 5.61. The highest BCUT2D eigenvalue weighted by Gasteiger charge is 1.79. The summed E-state index contributed by atoms with van der Waals surface area (Å²) in [5, 5.41) is 0. The van der Waals surface area contributed by atoms with Crippen molar-refractivity contribution >= 4 is 15.7 Å². The molecular weight excluding hydrogens is 134 g/mol. The Labute approximate surface area is 55.5 Å². The summed E-state index contributed by atoms with van der Waals surface area (Å²) < 4.78 is 0. The minimum Gasteiger partial charge on any atom is -0.0797 e. The average molecular weight is 148 g/mol. The fourth-order valence-corrected chi connectivity index (χ4v) is 2.12.